The van der Waals surface area contributed by atoms with E-state index in [-0.39, 0.29) is 51.6 Å². The first kappa shape index (κ1) is 23.0. The van der Waals surface area contributed by atoms with Gasteiger partial charge >= 0.3 is 0 Å². The zero-order valence-corrected chi connectivity index (χ0v) is 19.5. The van der Waals surface area contributed by atoms with Crippen molar-refractivity contribution in [2.75, 3.05) is 7.11 Å². The van der Waals surface area contributed by atoms with E-state index in [1.54, 1.807) is 0 Å². The molecule has 1 aromatic carbocycles. The standard InChI is InChI=1S/C26H32O5/c1-13(2)8-9-16-15(5)10-11-26(6)21(16)23(29)19-17(12-27)22(28)24(31-7)18(14(3)4)20(19)25(26)30/h8,10,12,14,16,21,28H,9,11H2,1-7H3/t16-,21+,26-/m1/s1. The maximum atomic E-state index is 14.0. The highest BCUT2D eigenvalue weighted by atomic mass is 16.5. The fraction of sp³-hybridized carbons (Fsp3) is 0.500. The van der Waals surface area contributed by atoms with E-state index >= 15 is 0 Å². The van der Waals surface area contributed by atoms with E-state index < -0.39 is 11.3 Å². The summed E-state index contributed by atoms with van der Waals surface area (Å²) in [5, 5.41) is 10.8. The normalized spacial score (nSPS) is 25.0. The van der Waals surface area contributed by atoms with Crippen molar-refractivity contribution in [2.45, 2.75) is 60.3 Å². The third-order valence-corrected chi connectivity index (χ3v) is 6.98. The van der Waals surface area contributed by atoms with Crippen molar-refractivity contribution in [3.63, 3.8) is 0 Å². The Kier molecular flexibility index (Phi) is 6.01. The Morgan fingerprint density at radius 1 is 1.29 bits per heavy atom. The summed E-state index contributed by atoms with van der Waals surface area (Å²) in [5.74, 6) is -1.56. The molecule has 0 heterocycles. The lowest BCUT2D eigenvalue weighted by atomic mass is 9.53. The Labute approximate surface area is 184 Å². The zero-order chi connectivity index (χ0) is 23.2. The second kappa shape index (κ2) is 8.10. The summed E-state index contributed by atoms with van der Waals surface area (Å²) in [6.45, 7) is 11.6. The quantitative estimate of drug-likeness (QED) is 0.487. The number of ether oxygens (including phenoxy) is 1. The molecule has 1 N–H and O–H groups in total. The minimum atomic E-state index is -0.907. The van der Waals surface area contributed by atoms with Crippen LogP contribution in [0.25, 0.3) is 0 Å². The number of hydrogen-bond acceptors (Lipinski definition) is 5. The van der Waals surface area contributed by atoms with Crippen LogP contribution in [0.1, 0.15) is 96.9 Å². The highest BCUT2D eigenvalue weighted by Gasteiger charge is 2.56. The fourth-order valence-electron chi connectivity index (χ4n) is 5.31. The molecular formula is C26H32O5. The first-order valence-electron chi connectivity index (χ1n) is 10.8. The number of Topliss-reactive ketones (excluding diaryl/α,β-unsaturated/α-hetero) is 2. The summed E-state index contributed by atoms with van der Waals surface area (Å²) in [6.07, 6.45) is 5.74. The molecule has 0 aromatic heterocycles. The van der Waals surface area contributed by atoms with Gasteiger partial charge in [0.25, 0.3) is 0 Å². The van der Waals surface area contributed by atoms with Crippen molar-refractivity contribution in [3.05, 3.63) is 45.6 Å². The van der Waals surface area contributed by atoms with Gasteiger partial charge in [0.15, 0.2) is 29.4 Å². The summed E-state index contributed by atoms with van der Waals surface area (Å²) in [4.78, 5) is 40.0. The third-order valence-electron chi connectivity index (χ3n) is 6.98. The third kappa shape index (κ3) is 3.35. The number of fused-ring (bicyclic) bond motifs is 2. The maximum Gasteiger partial charge on any atom is 0.170 e. The number of aromatic hydroxyl groups is 1. The van der Waals surface area contributed by atoms with Crippen LogP contribution in [0.3, 0.4) is 0 Å². The second-order valence-electron chi connectivity index (χ2n) is 9.60. The van der Waals surface area contributed by atoms with Crippen LogP contribution in [0.5, 0.6) is 11.5 Å². The lowest BCUT2D eigenvalue weighted by Crippen LogP contribution is -2.51. The van der Waals surface area contributed by atoms with E-state index in [1.165, 1.54) is 7.11 Å². The number of benzene rings is 1. The van der Waals surface area contributed by atoms with Crippen LogP contribution in [0.4, 0.5) is 0 Å². The van der Waals surface area contributed by atoms with Gasteiger partial charge in [-0.2, -0.15) is 0 Å². The van der Waals surface area contributed by atoms with Gasteiger partial charge in [-0.15, -0.1) is 0 Å². The van der Waals surface area contributed by atoms with Crippen molar-refractivity contribution >= 4 is 17.9 Å². The summed E-state index contributed by atoms with van der Waals surface area (Å²) in [5.41, 5.74) is 1.96. The van der Waals surface area contributed by atoms with E-state index in [1.807, 2.05) is 41.5 Å². The van der Waals surface area contributed by atoms with E-state index in [4.69, 9.17) is 4.74 Å². The number of carbonyl (C=O) groups excluding carboxylic acids is 3. The number of methoxy groups -OCH3 is 1. The molecule has 0 spiro atoms. The van der Waals surface area contributed by atoms with Crippen molar-refractivity contribution in [1.82, 2.24) is 0 Å². The molecule has 5 nitrogen and oxygen atoms in total. The van der Waals surface area contributed by atoms with Crippen LogP contribution in [0, 0.1) is 17.3 Å². The monoisotopic (exact) mass is 424 g/mol. The van der Waals surface area contributed by atoms with Crippen molar-refractivity contribution < 1.29 is 24.2 Å². The zero-order valence-electron chi connectivity index (χ0n) is 19.5. The molecule has 0 fully saturated rings. The van der Waals surface area contributed by atoms with Gasteiger partial charge in [-0.3, -0.25) is 14.4 Å². The number of ketones is 2. The average Bonchev–Trinajstić information content (AvgIpc) is 2.71. The molecule has 0 aliphatic heterocycles. The predicted molar refractivity (Wildman–Crippen MR) is 120 cm³/mol. The lowest BCUT2D eigenvalue weighted by Gasteiger charge is -2.47. The number of aldehydes is 1. The van der Waals surface area contributed by atoms with Gasteiger partial charge in [-0.25, -0.2) is 0 Å². The van der Waals surface area contributed by atoms with Gasteiger partial charge in [-0.1, -0.05) is 44.1 Å². The van der Waals surface area contributed by atoms with E-state index in [0.717, 1.165) is 11.1 Å². The van der Waals surface area contributed by atoms with Crippen LogP contribution in [0.2, 0.25) is 0 Å². The Bertz CT molecular complexity index is 1020. The SMILES string of the molecule is COc1c(O)c(C=O)c2c(c1C(C)C)C(=O)[C@]1(C)CC=C(C)[C@@H](CC=C(C)C)[C@H]1C2=O. The van der Waals surface area contributed by atoms with Gasteiger partial charge in [0.2, 0.25) is 0 Å². The van der Waals surface area contributed by atoms with Crippen molar-refractivity contribution in [2.24, 2.45) is 17.3 Å². The molecule has 0 saturated heterocycles. The Morgan fingerprint density at radius 3 is 2.45 bits per heavy atom. The van der Waals surface area contributed by atoms with Gasteiger partial charge in [0.1, 0.15) is 0 Å². The highest BCUT2D eigenvalue weighted by molar-refractivity contribution is 6.22. The number of allylic oxidation sites excluding steroid dienone is 4. The summed E-state index contributed by atoms with van der Waals surface area (Å²) < 4.78 is 5.41. The number of carbonyl (C=O) groups is 3. The van der Waals surface area contributed by atoms with Crippen LogP contribution in [0.15, 0.2) is 23.3 Å². The van der Waals surface area contributed by atoms with Gasteiger partial charge in [0, 0.05) is 28.0 Å². The molecule has 0 amide bonds. The van der Waals surface area contributed by atoms with E-state index in [9.17, 15) is 19.5 Å². The average molecular weight is 425 g/mol. The molecule has 2 aliphatic rings. The molecule has 31 heavy (non-hydrogen) atoms. The molecule has 0 radical (unpaired) electrons. The fourth-order valence-corrected chi connectivity index (χ4v) is 5.31. The number of hydrogen-bond donors (Lipinski definition) is 1. The Balaban J connectivity index is 2.38. The van der Waals surface area contributed by atoms with Gasteiger partial charge in [0.05, 0.1) is 12.7 Å². The molecule has 0 unspecified atom stereocenters. The molecule has 0 bridgehead atoms. The largest absolute Gasteiger partial charge is 0.504 e. The summed E-state index contributed by atoms with van der Waals surface area (Å²) >= 11 is 0. The first-order valence-corrected chi connectivity index (χ1v) is 10.8. The first-order chi connectivity index (χ1) is 14.5. The molecule has 166 valence electrons. The molecule has 5 heteroatoms. The van der Waals surface area contributed by atoms with Crippen LogP contribution >= 0.6 is 0 Å². The summed E-state index contributed by atoms with van der Waals surface area (Å²) in [7, 11) is 1.39. The van der Waals surface area contributed by atoms with E-state index in [2.05, 4.69) is 12.2 Å². The molecule has 0 saturated carbocycles. The predicted octanol–water partition coefficient (Wildman–Crippen LogP) is 5.66. The lowest BCUT2D eigenvalue weighted by molar-refractivity contribution is 0.0480. The molecule has 3 atom stereocenters. The highest BCUT2D eigenvalue weighted by Crippen LogP contribution is 2.55. The minimum absolute atomic E-state index is 0.0568. The second-order valence-corrected chi connectivity index (χ2v) is 9.60. The van der Waals surface area contributed by atoms with Gasteiger partial charge < -0.3 is 9.84 Å². The maximum absolute atomic E-state index is 14.0. The van der Waals surface area contributed by atoms with Crippen molar-refractivity contribution in [3.8, 4) is 11.5 Å². The number of rotatable bonds is 5. The Morgan fingerprint density at radius 2 is 1.94 bits per heavy atom. The molecule has 2 aliphatic carbocycles. The van der Waals surface area contributed by atoms with E-state index in [0.29, 0.717) is 24.7 Å². The molecule has 3 rings (SSSR count). The minimum Gasteiger partial charge on any atom is -0.504 e. The Hall–Kier alpha value is -2.69. The van der Waals surface area contributed by atoms with Gasteiger partial charge in [-0.05, 0) is 45.4 Å². The van der Waals surface area contributed by atoms with Crippen molar-refractivity contribution in [1.29, 1.82) is 0 Å². The number of phenolic OH excluding ortho intramolecular Hbond substituents is 1. The summed E-state index contributed by atoms with van der Waals surface area (Å²) in [6, 6.07) is 0. The number of phenols is 1. The smallest absolute Gasteiger partial charge is 0.170 e. The van der Waals surface area contributed by atoms with Crippen LogP contribution in [-0.4, -0.2) is 30.1 Å². The molecule has 1 aromatic rings. The van der Waals surface area contributed by atoms with Crippen LogP contribution < -0.4 is 4.74 Å². The topological polar surface area (TPSA) is 80.7 Å². The molecular weight excluding hydrogens is 392 g/mol. The van der Waals surface area contributed by atoms with Crippen LogP contribution in [-0.2, 0) is 0 Å².